The van der Waals surface area contributed by atoms with Crippen molar-refractivity contribution in [2.75, 3.05) is 11.9 Å². The number of rotatable bonds is 4. The normalized spacial score (nSPS) is 26.5. The van der Waals surface area contributed by atoms with Crippen molar-refractivity contribution in [3.63, 3.8) is 0 Å². The summed E-state index contributed by atoms with van der Waals surface area (Å²) in [6, 6.07) is 1.51. The Bertz CT molecular complexity index is 692. The van der Waals surface area contributed by atoms with Crippen molar-refractivity contribution in [1.82, 2.24) is 14.3 Å². The van der Waals surface area contributed by atoms with Gasteiger partial charge in [-0.15, -0.1) is 0 Å². The Morgan fingerprint density at radius 2 is 2.33 bits per heavy atom. The monoisotopic (exact) mass is 307 g/mol. The van der Waals surface area contributed by atoms with Crippen molar-refractivity contribution in [2.24, 2.45) is 0 Å². The highest BCUT2D eigenvalue weighted by Crippen LogP contribution is 2.35. The highest BCUT2D eigenvalue weighted by molar-refractivity contribution is 7.15. The van der Waals surface area contributed by atoms with Gasteiger partial charge in [-0.1, -0.05) is 11.3 Å². The van der Waals surface area contributed by atoms with Crippen molar-refractivity contribution in [2.45, 2.75) is 44.3 Å². The summed E-state index contributed by atoms with van der Waals surface area (Å²) in [4.78, 5) is 18.5. The van der Waals surface area contributed by atoms with Gasteiger partial charge in [0, 0.05) is 30.1 Å². The standard InChI is InChI=1S/C13H17N5O2S/c1-8-6-9(7-17(8)10-2-3-10)14-11-12(18(19)20)16-4-5-21-13(16)15-11/h4-5,8-10,14H,2-3,6-7H2,1H3. The molecule has 0 spiro atoms. The van der Waals surface area contributed by atoms with E-state index in [0.29, 0.717) is 16.8 Å². The first kappa shape index (κ1) is 13.0. The van der Waals surface area contributed by atoms with Crippen LogP contribution in [-0.2, 0) is 0 Å². The van der Waals surface area contributed by atoms with E-state index in [4.69, 9.17) is 0 Å². The fraction of sp³-hybridized carbons (Fsp3) is 0.615. The van der Waals surface area contributed by atoms with Crippen molar-refractivity contribution >= 4 is 27.9 Å². The second kappa shape index (κ2) is 4.67. The topological polar surface area (TPSA) is 75.7 Å². The minimum Gasteiger partial charge on any atom is -0.359 e. The molecule has 2 aliphatic rings. The Labute approximate surface area is 125 Å². The van der Waals surface area contributed by atoms with Gasteiger partial charge in [-0.3, -0.25) is 4.90 Å². The molecule has 2 aromatic rings. The SMILES string of the molecule is CC1CC(Nc2nc3sccn3c2[N+](=O)[O-])CN1C1CC1. The molecule has 1 N–H and O–H groups in total. The van der Waals surface area contributed by atoms with Gasteiger partial charge in [-0.25, -0.2) is 0 Å². The van der Waals surface area contributed by atoms with Gasteiger partial charge in [0.25, 0.3) is 4.96 Å². The van der Waals surface area contributed by atoms with Crippen LogP contribution < -0.4 is 5.32 Å². The van der Waals surface area contributed by atoms with Crippen LogP contribution in [0.5, 0.6) is 0 Å². The molecule has 21 heavy (non-hydrogen) atoms. The molecule has 0 bridgehead atoms. The Kier molecular flexibility index (Phi) is 2.90. The highest BCUT2D eigenvalue weighted by atomic mass is 32.1. The molecule has 3 heterocycles. The summed E-state index contributed by atoms with van der Waals surface area (Å²) < 4.78 is 1.55. The molecule has 0 radical (unpaired) electrons. The number of hydrogen-bond donors (Lipinski definition) is 1. The van der Waals surface area contributed by atoms with Gasteiger partial charge in [0.2, 0.25) is 5.82 Å². The summed E-state index contributed by atoms with van der Waals surface area (Å²) in [6.45, 7) is 3.19. The van der Waals surface area contributed by atoms with Crippen LogP contribution in [0.4, 0.5) is 11.6 Å². The Morgan fingerprint density at radius 1 is 1.52 bits per heavy atom. The van der Waals surface area contributed by atoms with Gasteiger partial charge < -0.3 is 15.4 Å². The lowest BCUT2D eigenvalue weighted by Crippen LogP contribution is -2.31. The maximum atomic E-state index is 11.3. The van der Waals surface area contributed by atoms with E-state index in [-0.39, 0.29) is 16.8 Å². The smallest absolute Gasteiger partial charge is 0.359 e. The Balaban J connectivity index is 1.58. The molecule has 2 atom stereocenters. The Hall–Kier alpha value is -1.67. The van der Waals surface area contributed by atoms with Gasteiger partial charge in [-0.2, -0.15) is 9.38 Å². The van der Waals surface area contributed by atoms with E-state index in [1.54, 1.807) is 10.6 Å². The molecule has 1 aliphatic carbocycles. The van der Waals surface area contributed by atoms with Crippen LogP contribution >= 0.6 is 11.3 Å². The van der Waals surface area contributed by atoms with E-state index in [0.717, 1.165) is 19.0 Å². The van der Waals surface area contributed by atoms with E-state index >= 15 is 0 Å². The molecule has 112 valence electrons. The Morgan fingerprint density at radius 3 is 3.05 bits per heavy atom. The molecular weight excluding hydrogens is 290 g/mol. The zero-order valence-electron chi connectivity index (χ0n) is 11.7. The van der Waals surface area contributed by atoms with Crippen molar-refractivity contribution < 1.29 is 4.92 Å². The largest absolute Gasteiger partial charge is 0.372 e. The van der Waals surface area contributed by atoms with Gasteiger partial charge >= 0.3 is 5.82 Å². The predicted molar refractivity (Wildman–Crippen MR) is 80.9 cm³/mol. The number of imidazole rings is 1. The maximum absolute atomic E-state index is 11.3. The van der Waals surface area contributed by atoms with E-state index in [9.17, 15) is 10.1 Å². The van der Waals surface area contributed by atoms with Crippen LogP contribution in [-0.4, -0.2) is 43.9 Å². The number of thiazole rings is 1. The molecule has 0 amide bonds. The first-order chi connectivity index (χ1) is 10.1. The minimum atomic E-state index is -0.355. The van der Waals surface area contributed by atoms with E-state index in [2.05, 4.69) is 22.1 Å². The second-order valence-electron chi connectivity index (χ2n) is 5.95. The molecule has 7 nitrogen and oxygen atoms in total. The number of hydrogen-bond acceptors (Lipinski definition) is 6. The molecule has 2 unspecified atom stereocenters. The maximum Gasteiger partial charge on any atom is 0.372 e. The zero-order chi connectivity index (χ0) is 14.6. The van der Waals surface area contributed by atoms with E-state index in [1.807, 2.05) is 5.38 Å². The van der Waals surface area contributed by atoms with Crippen molar-refractivity contribution in [3.8, 4) is 0 Å². The molecule has 1 aliphatic heterocycles. The van der Waals surface area contributed by atoms with Gasteiger partial charge in [0.1, 0.15) is 6.20 Å². The van der Waals surface area contributed by atoms with Gasteiger partial charge in [0.15, 0.2) is 0 Å². The third-order valence-corrected chi connectivity index (χ3v) is 5.15. The van der Waals surface area contributed by atoms with Crippen LogP contribution in [0.25, 0.3) is 4.96 Å². The first-order valence-electron chi connectivity index (χ1n) is 7.25. The van der Waals surface area contributed by atoms with Crippen molar-refractivity contribution in [3.05, 3.63) is 21.7 Å². The van der Waals surface area contributed by atoms with Gasteiger partial charge in [-0.05, 0) is 31.1 Å². The molecule has 2 aromatic heterocycles. The quantitative estimate of drug-likeness (QED) is 0.693. The summed E-state index contributed by atoms with van der Waals surface area (Å²) in [5.41, 5.74) is 0. The minimum absolute atomic E-state index is 0.0452. The van der Waals surface area contributed by atoms with Crippen LogP contribution in [0.2, 0.25) is 0 Å². The van der Waals surface area contributed by atoms with Crippen LogP contribution in [0.1, 0.15) is 26.2 Å². The third-order valence-electron chi connectivity index (χ3n) is 4.39. The lowest BCUT2D eigenvalue weighted by atomic mass is 10.2. The second-order valence-corrected chi connectivity index (χ2v) is 6.82. The number of anilines is 1. The molecule has 1 saturated heterocycles. The van der Waals surface area contributed by atoms with Crippen LogP contribution in [0.15, 0.2) is 11.6 Å². The number of nitrogens with one attached hydrogen (secondary N) is 1. The lowest BCUT2D eigenvalue weighted by molar-refractivity contribution is -0.389. The van der Waals surface area contributed by atoms with E-state index < -0.39 is 0 Å². The highest BCUT2D eigenvalue weighted by Gasteiger charge is 2.39. The summed E-state index contributed by atoms with van der Waals surface area (Å²) in [7, 11) is 0. The summed E-state index contributed by atoms with van der Waals surface area (Å²) in [6.07, 6.45) is 5.29. The first-order valence-corrected chi connectivity index (χ1v) is 8.13. The number of likely N-dealkylation sites (tertiary alicyclic amines) is 1. The average molecular weight is 307 g/mol. The van der Waals surface area contributed by atoms with Gasteiger partial charge in [0.05, 0.1) is 0 Å². The molecule has 8 heteroatoms. The number of nitro groups is 1. The summed E-state index contributed by atoms with van der Waals surface area (Å²) in [5, 5.41) is 16.4. The van der Waals surface area contributed by atoms with Crippen LogP contribution in [0.3, 0.4) is 0 Å². The molecule has 4 rings (SSSR count). The van der Waals surface area contributed by atoms with E-state index in [1.165, 1.54) is 24.2 Å². The fourth-order valence-electron chi connectivity index (χ4n) is 3.31. The average Bonchev–Trinajstić information content (AvgIpc) is 2.91. The fourth-order valence-corrected chi connectivity index (χ4v) is 4.02. The van der Waals surface area contributed by atoms with Crippen molar-refractivity contribution in [1.29, 1.82) is 0 Å². The molecular formula is C13H17N5O2S. The molecule has 0 aromatic carbocycles. The lowest BCUT2D eigenvalue weighted by Gasteiger charge is -2.19. The summed E-state index contributed by atoms with van der Waals surface area (Å²) >= 11 is 1.41. The zero-order valence-corrected chi connectivity index (χ0v) is 12.5. The number of fused-ring (bicyclic) bond motifs is 1. The third kappa shape index (κ3) is 2.18. The number of nitrogens with zero attached hydrogens (tertiary/aromatic N) is 4. The number of aromatic nitrogens is 2. The summed E-state index contributed by atoms with van der Waals surface area (Å²) in [5.74, 6) is 0.450. The predicted octanol–water partition coefficient (Wildman–Crippen LogP) is 2.34. The molecule has 2 fully saturated rings. The molecule has 1 saturated carbocycles. The van der Waals surface area contributed by atoms with Crippen LogP contribution in [0, 0.1) is 10.1 Å².